The van der Waals surface area contributed by atoms with Crippen molar-refractivity contribution in [3.05, 3.63) is 105 Å². The van der Waals surface area contributed by atoms with Gasteiger partial charge in [-0.15, -0.1) is 0 Å². The van der Waals surface area contributed by atoms with E-state index in [-0.39, 0.29) is 59.6 Å². The summed E-state index contributed by atoms with van der Waals surface area (Å²) in [7, 11) is 0. The number of azide groups is 1. The Kier molecular flexibility index (Phi) is 16.1. The number of rotatable bonds is 5. The minimum atomic E-state index is -0.206. The van der Waals surface area contributed by atoms with Gasteiger partial charge in [0.2, 0.25) is 0 Å². The molecule has 4 heterocycles. The molecule has 12 aliphatic rings. The van der Waals surface area contributed by atoms with Crippen LogP contribution in [0.3, 0.4) is 0 Å². The van der Waals surface area contributed by atoms with Crippen molar-refractivity contribution in [1.82, 2.24) is 9.80 Å². The van der Waals surface area contributed by atoms with E-state index in [0.717, 1.165) is 117 Å². The molecule has 4 aliphatic heterocycles. The first kappa shape index (κ1) is 58.7. The van der Waals surface area contributed by atoms with Crippen molar-refractivity contribution in [3.8, 4) is 0 Å². The van der Waals surface area contributed by atoms with E-state index in [1.165, 1.54) is 77.0 Å². The van der Waals surface area contributed by atoms with Crippen LogP contribution in [-0.4, -0.2) is 76.6 Å². The van der Waals surface area contributed by atoms with Crippen molar-refractivity contribution in [2.45, 2.75) is 245 Å². The first-order chi connectivity index (χ1) is 40.4. The van der Waals surface area contributed by atoms with Gasteiger partial charge in [0.1, 0.15) is 13.2 Å². The van der Waals surface area contributed by atoms with Gasteiger partial charge in [-0.05, 0) is 228 Å². The van der Waals surface area contributed by atoms with E-state index in [9.17, 15) is 9.59 Å². The SMILES string of the molecule is CC1=C2C[C@H]3[C@@H](CC[C@@H]4C[C@@H](C)CC[C@@]43C)[C@@H]2CC[C@@]2(C1)O[C@@H]1C[C@H](C)CN(C(=O)OCc3ccccc3)[C@H]1[C@H]2C.CC1=C2C[C@H]3[C@@H](CC[C@@H]4C[C@H](N=[N+]=[N-])CC[C@@]43C)[C@@H]2CC[C@@]2(C1)O[C@@H]1C[C@H](C)CN(C(=O)OCc3ccccc3)[C@H]1[C@H]2C. The first-order valence-electron chi connectivity index (χ1n) is 34.1. The minimum Gasteiger partial charge on any atom is -0.445 e. The zero-order chi connectivity index (χ0) is 58.5. The molecule has 8 aliphatic carbocycles. The Morgan fingerprint density at radius 2 is 1.04 bits per heavy atom. The van der Waals surface area contributed by atoms with Crippen LogP contribution in [0.1, 0.15) is 202 Å². The predicted octanol–water partition coefficient (Wildman–Crippen LogP) is 17.6. The van der Waals surface area contributed by atoms with Gasteiger partial charge < -0.3 is 28.7 Å². The summed E-state index contributed by atoms with van der Waals surface area (Å²) >= 11 is 0. The highest BCUT2D eigenvalue weighted by Gasteiger charge is 2.63. The molecular weight excluding hydrogens is 1040 g/mol. The Balaban J connectivity index is 0.000000157. The van der Waals surface area contributed by atoms with Crippen LogP contribution >= 0.6 is 0 Å². The van der Waals surface area contributed by atoms with Crippen LogP contribution in [0.25, 0.3) is 10.4 Å². The molecule has 84 heavy (non-hydrogen) atoms. The molecule has 6 saturated carbocycles. The number of fused-ring (bicyclic) bond motifs is 12. The number of likely N-dealkylation sites (tertiary alicyclic amines) is 2. The van der Waals surface area contributed by atoms with Crippen LogP contribution < -0.4 is 0 Å². The van der Waals surface area contributed by atoms with Gasteiger partial charge in [0, 0.05) is 35.9 Å². The van der Waals surface area contributed by atoms with Gasteiger partial charge in [-0.25, -0.2) is 9.59 Å². The lowest BCUT2D eigenvalue weighted by molar-refractivity contribution is -0.0806. The molecule has 0 unspecified atom stereocenters. The van der Waals surface area contributed by atoms with E-state index in [1.807, 2.05) is 71.1 Å². The van der Waals surface area contributed by atoms with Crippen molar-refractivity contribution in [1.29, 1.82) is 0 Å². The average molecular weight is 1150 g/mol. The molecule has 11 heteroatoms. The quantitative estimate of drug-likeness (QED) is 0.127. The summed E-state index contributed by atoms with van der Waals surface area (Å²) in [5.41, 5.74) is 18.4. The van der Waals surface area contributed by atoms with Crippen LogP contribution in [0, 0.1) is 87.8 Å². The van der Waals surface area contributed by atoms with Crippen molar-refractivity contribution in [2.75, 3.05) is 13.1 Å². The molecule has 0 aromatic heterocycles. The number of nitrogens with zero attached hydrogens (tertiary/aromatic N) is 5. The fourth-order valence-electron chi connectivity index (χ4n) is 22.5. The van der Waals surface area contributed by atoms with Crippen molar-refractivity contribution < 1.29 is 28.5 Å². The second-order valence-electron chi connectivity index (χ2n) is 31.3. The molecule has 0 N–H and O–H groups in total. The van der Waals surface area contributed by atoms with Crippen LogP contribution in [-0.2, 0) is 32.2 Å². The van der Waals surface area contributed by atoms with Crippen molar-refractivity contribution in [2.24, 2.45) is 92.9 Å². The van der Waals surface area contributed by atoms with E-state index in [1.54, 1.807) is 16.7 Å². The third-order valence-electron chi connectivity index (χ3n) is 26.8. The number of benzene rings is 2. The Morgan fingerprint density at radius 1 is 0.583 bits per heavy atom. The second-order valence-corrected chi connectivity index (χ2v) is 31.3. The normalized spacial score (nSPS) is 44.5. The van der Waals surface area contributed by atoms with E-state index in [0.29, 0.717) is 53.6 Å². The number of piperidine rings is 2. The summed E-state index contributed by atoms with van der Waals surface area (Å²) in [5, 5.41) is 4.14. The molecule has 0 bridgehead atoms. The highest BCUT2D eigenvalue weighted by atomic mass is 16.6. The lowest BCUT2D eigenvalue weighted by Gasteiger charge is -2.54. The monoisotopic (exact) mass is 1150 g/mol. The van der Waals surface area contributed by atoms with E-state index >= 15 is 0 Å². The Labute approximate surface area is 504 Å². The zero-order valence-electron chi connectivity index (χ0n) is 52.8. The molecular formula is C73H103N5O6. The fourth-order valence-corrected chi connectivity index (χ4v) is 22.5. The standard InChI is InChI=1S/C37H53NO3.C36H50N4O3/c1-23-13-15-36(5)28(17-23)11-12-30-29-14-16-37(20-25(3)31(29)19-32(30)36)26(4)34-33(41-37)18-24(2)21-38(34)35(39)40-22-27-9-7-6-8-10-27;1-22-16-32-33(40(20-22)34(41)42-21-25-8-6-5-7-9-25)24(3)36(43-32)15-13-28-29-11-10-26-17-27(38-39-37)12-14-35(26,4)31(29)18-30(28)23(2)19-36/h6-10,23-24,26,28-30,32-34H,11-22H2,1-5H3;5-9,22,24,26-29,31-33H,10-21H2,1-4H3/t23-,24-,26+,28+,29-,30-,32-,33+,34-,36-,37-;22-,24+,26+,27+,28-,29-,31-,32+,33-,35-,36-/m00/s1. The van der Waals surface area contributed by atoms with Gasteiger partial charge in [0.05, 0.1) is 35.5 Å². The maximum Gasteiger partial charge on any atom is 0.410 e. The summed E-state index contributed by atoms with van der Waals surface area (Å²) in [5.74, 6) is 8.62. The Hall–Kier alpha value is -4.31. The molecule has 10 fully saturated rings. The summed E-state index contributed by atoms with van der Waals surface area (Å²) in [6.07, 6.45) is 24.3. The number of hydrogen-bond donors (Lipinski definition) is 0. The molecule has 0 radical (unpaired) electrons. The molecule has 11 nitrogen and oxygen atoms in total. The highest BCUT2D eigenvalue weighted by Crippen LogP contribution is 2.68. The maximum absolute atomic E-state index is 13.5. The van der Waals surface area contributed by atoms with Crippen molar-refractivity contribution in [3.63, 3.8) is 0 Å². The Morgan fingerprint density at radius 3 is 1.50 bits per heavy atom. The van der Waals surface area contributed by atoms with E-state index < -0.39 is 0 Å². The lowest BCUT2D eigenvalue weighted by atomic mass is 9.51. The maximum atomic E-state index is 13.5. The number of allylic oxidation sites excluding steroid dienone is 2. The first-order valence-corrected chi connectivity index (χ1v) is 34.1. The van der Waals surface area contributed by atoms with Gasteiger partial charge in [-0.1, -0.05) is 143 Å². The summed E-state index contributed by atoms with van der Waals surface area (Å²) in [6, 6.07) is 20.4. The summed E-state index contributed by atoms with van der Waals surface area (Å²) in [4.78, 5) is 34.3. The fraction of sp³-hybridized carbons (Fsp3) is 0.753. The van der Waals surface area contributed by atoms with E-state index in [2.05, 4.69) is 77.2 Å². The Bertz CT molecular complexity index is 2870. The predicted molar refractivity (Wildman–Crippen MR) is 330 cm³/mol. The van der Waals surface area contributed by atoms with Crippen LogP contribution in [0.2, 0.25) is 0 Å². The molecule has 2 aromatic carbocycles. The smallest absolute Gasteiger partial charge is 0.410 e. The van der Waals surface area contributed by atoms with Gasteiger partial charge in [0.25, 0.3) is 0 Å². The number of carbonyl (C=O) groups is 2. The molecule has 2 aromatic rings. The molecule has 2 amide bonds. The zero-order valence-corrected chi connectivity index (χ0v) is 52.8. The molecule has 14 rings (SSSR count). The molecule has 456 valence electrons. The number of hydrogen-bond acceptors (Lipinski definition) is 7. The average Bonchev–Trinajstić information content (AvgIpc) is 1.69. The number of ether oxygens (including phenoxy) is 4. The lowest BCUT2D eigenvalue weighted by Crippen LogP contribution is -2.54. The number of amides is 2. The van der Waals surface area contributed by atoms with Gasteiger partial charge in [-0.2, -0.15) is 0 Å². The topological polar surface area (TPSA) is 126 Å². The third kappa shape index (κ3) is 10.3. The molecule has 4 saturated heterocycles. The van der Waals surface area contributed by atoms with Gasteiger partial charge >= 0.3 is 12.2 Å². The summed E-state index contributed by atoms with van der Waals surface area (Å²) < 4.78 is 26.2. The molecule has 2 spiro atoms. The third-order valence-corrected chi connectivity index (χ3v) is 26.8. The molecule has 22 atom stereocenters. The second kappa shape index (κ2) is 23.0. The van der Waals surface area contributed by atoms with Crippen LogP contribution in [0.5, 0.6) is 0 Å². The van der Waals surface area contributed by atoms with Gasteiger partial charge in [0.15, 0.2) is 0 Å². The number of carbonyl (C=O) groups excluding carboxylic acids is 2. The van der Waals surface area contributed by atoms with Gasteiger partial charge in [-0.3, -0.25) is 0 Å². The summed E-state index contributed by atoms with van der Waals surface area (Å²) in [6.45, 7) is 24.0. The van der Waals surface area contributed by atoms with E-state index in [4.69, 9.17) is 24.5 Å². The van der Waals surface area contributed by atoms with Crippen LogP contribution in [0.4, 0.5) is 9.59 Å². The van der Waals surface area contributed by atoms with Crippen molar-refractivity contribution >= 4 is 12.2 Å². The highest BCUT2D eigenvalue weighted by molar-refractivity contribution is 5.69. The minimum absolute atomic E-state index is 0.0727. The largest absolute Gasteiger partial charge is 0.445 e. The van der Waals surface area contributed by atoms with Crippen LogP contribution in [0.15, 0.2) is 88.1 Å².